The molecule has 32 heavy (non-hydrogen) atoms. The van der Waals surface area contributed by atoms with Crippen LogP contribution < -0.4 is 4.90 Å². The van der Waals surface area contributed by atoms with Crippen molar-refractivity contribution < 1.29 is 8.42 Å². The summed E-state index contributed by atoms with van der Waals surface area (Å²) in [6.45, 7) is 0. The molecule has 0 N–H and O–H groups in total. The summed E-state index contributed by atoms with van der Waals surface area (Å²) in [5.41, 5.74) is 2.36. The molecule has 0 saturated carbocycles. The monoisotopic (exact) mass is 464 g/mol. The zero-order chi connectivity index (χ0) is 22.5. The van der Waals surface area contributed by atoms with Gasteiger partial charge < -0.3 is 4.90 Å². The molecular formula is C22H17ClN6O2S. The minimum Gasteiger partial charge on any atom is -0.313 e. The Kier molecular flexibility index (Phi) is 4.79. The molecule has 3 aromatic heterocycles. The van der Waals surface area contributed by atoms with E-state index in [1.54, 1.807) is 28.7 Å². The summed E-state index contributed by atoms with van der Waals surface area (Å²) in [6.07, 6.45) is 1.19. The number of anilines is 2. The average molecular weight is 465 g/mol. The second-order valence-corrected chi connectivity index (χ2v) is 9.65. The maximum Gasteiger partial charge on any atom is 0.258 e. The summed E-state index contributed by atoms with van der Waals surface area (Å²) < 4.78 is 25.2. The van der Waals surface area contributed by atoms with E-state index >= 15 is 0 Å². The van der Waals surface area contributed by atoms with Crippen molar-refractivity contribution in [1.29, 1.82) is 0 Å². The Morgan fingerprint density at radius 3 is 2.41 bits per heavy atom. The smallest absolute Gasteiger partial charge is 0.258 e. The van der Waals surface area contributed by atoms with Crippen LogP contribution >= 0.6 is 11.6 Å². The van der Waals surface area contributed by atoms with E-state index in [1.807, 2.05) is 54.4 Å². The van der Waals surface area contributed by atoms with E-state index in [0.29, 0.717) is 23.1 Å². The van der Waals surface area contributed by atoms with E-state index in [-0.39, 0.29) is 10.2 Å². The third kappa shape index (κ3) is 3.45. The first-order valence-corrected chi connectivity index (χ1v) is 11.9. The predicted octanol–water partition coefficient (Wildman–Crippen LogP) is 4.16. The Morgan fingerprint density at radius 2 is 1.66 bits per heavy atom. The van der Waals surface area contributed by atoms with E-state index in [4.69, 9.17) is 16.6 Å². The second kappa shape index (κ2) is 7.54. The lowest BCUT2D eigenvalue weighted by Crippen LogP contribution is -2.14. The van der Waals surface area contributed by atoms with Gasteiger partial charge in [-0.05, 0) is 48.0 Å². The molecule has 0 aliphatic heterocycles. The minimum absolute atomic E-state index is 0.246. The quantitative estimate of drug-likeness (QED) is 0.394. The minimum atomic E-state index is -3.26. The first-order valence-electron chi connectivity index (χ1n) is 9.63. The molecule has 8 nitrogen and oxygen atoms in total. The van der Waals surface area contributed by atoms with E-state index in [1.165, 1.54) is 6.26 Å². The molecule has 5 aromatic rings. The number of sulfone groups is 1. The average Bonchev–Trinajstić information content (AvgIpc) is 3.18. The Balaban J connectivity index is 1.60. The van der Waals surface area contributed by atoms with Gasteiger partial charge in [-0.2, -0.15) is 4.98 Å². The van der Waals surface area contributed by atoms with Gasteiger partial charge in [0, 0.05) is 24.3 Å². The summed E-state index contributed by atoms with van der Waals surface area (Å²) in [4.78, 5) is 11.6. The number of hydrogen-bond acceptors (Lipinski definition) is 7. The number of nitrogens with zero attached hydrogens (tertiary/aromatic N) is 6. The molecule has 0 aliphatic carbocycles. The van der Waals surface area contributed by atoms with Gasteiger partial charge in [-0.3, -0.25) is 0 Å². The molecule has 3 heterocycles. The molecule has 5 rings (SSSR count). The van der Waals surface area contributed by atoms with Crippen LogP contribution in [-0.2, 0) is 9.84 Å². The standard InChI is InChI=1S/C22H17ClN6O2S/c1-28(20-16-6-3-4-8-18(16)29-21(23)26-27-22(29)25-20)19-9-5-7-17(24-19)14-10-12-15(13-11-14)32(2,30)31/h3-13H,1-2H3. The van der Waals surface area contributed by atoms with Crippen LogP contribution in [0.2, 0.25) is 5.28 Å². The van der Waals surface area contributed by atoms with Crippen LogP contribution in [-0.4, -0.2) is 46.3 Å². The topological polar surface area (TPSA) is 93.4 Å². The van der Waals surface area contributed by atoms with E-state index in [9.17, 15) is 8.42 Å². The third-order valence-electron chi connectivity index (χ3n) is 5.17. The van der Waals surface area contributed by atoms with Crippen LogP contribution in [0.4, 0.5) is 11.6 Å². The Labute approximate surface area is 189 Å². The largest absolute Gasteiger partial charge is 0.313 e. The van der Waals surface area contributed by atoms with Crippen molar-refractivity contribution in [3.05, 3.63) is 72.0 Å². The fourth-order valence-corrected chi connectivity index (χ4v) is 4.39. The summed E-state index contributed by atoms with van der Waals surface area (Å²) in [6, 6.07) is 20.1. The zero-order valence-corrected chi connectivity index (χ0v) is 18.7. The van der Waals surface area contributed by atoms with Crippen molar-refractivity contribution in [3.8, 4) is 11.3 Å². The molecule has 0 aliphatic rings. The molecule has 160 valence electrons. The Bertz CT molecular complexity index is 1580. The summed E-state index contributed by atoms with van der Waals surface area (Å²) in [5.74, 6) is 1.72. The van der Waals surface area contributed by atoms with Gasteiger partial charge in [0.15, 0.2) is 9.84 Å². The normalized spacial score (nSPS) is 11.8. The third-order valence-corrected chi connectivity index (χ3v) is 6.55. The number of aromatic nitrogens is 5. The van der Waals surface area contributed by atoms with Gasteiger partial charge >= 0.3 is 0 Å². The summed E-state index contributed by atoms with van der Waals surface area (Å²) in [5, 5.41) is 9.12. The van der Waals surface area contributed by atoms with Crippen LogP contribution in [0.1, 0.15) is 0 Å². The zero-order valence-electron chi connectivity index (χ0n) is 17.1. The number of para-hydroxylation sites is 1. The van der Waals surface area contributed by atoms with Gasteiger partial charge in [0.25, 0.3) is 5.78 Å². The molecule has 0 unspecified atom stereocenters. The maximum absolute atomic E-state index is 11.7. The van der Waals surface area contributed by atoms with Crippen LogP contribution in [0.3, 0.4) is 0 Å². The highest BCUT2D eigenvalue weighted by Crippen LogP contribution is 2.31. The maximum atomic E-state index is 11.7. The van der Waals surface area contributed by atoms with Gasteiger partial charge in [-0.15, -0.1) is 10.2 Å². The van der Waals surface area contributed by atoms with Gasteiger partial charge in [0.05, 0.1) is 16.1 Å². The number of fused-ring (bicyclic) bond motifs is 3. The van der Waals surface area contributed by atoms with Crippen molar-refractivity contribution in [2.24, 2.45) is 0 Å². The molecular weight excluding hydrogens is 448 g/mol. The molecule has 0 radical (unpaired) electrons. The van der Waals surface area contributed by atoms with E-state index in [0.717, 1.165) is 16.5 Å². The number of hydrogen-bond donors (Lipinski definition) is 0. The van der Waals surface area contributed by atoms with Crippen LogP contribution in [0.25, 0.3) is 27.9 Å². The van der Waals surface area contributed by atoms with E-state index < -0.39 is 9.84 Å². The van der Waals surface area contributed by atoms with Crippen molar-refractivity contribution in [2.75, 3.05) is 18.2 Å². The summed E-state index contributed by atoms with van der Waals surface area (Å²) in [7, 11) is -1.38. The molecule has 0 amide bonds. The Morgan fingerprint density at radius 1 is 0.906 bits per heavy atom. The number of pyridine rings is 1. The predicted molar refractivity (Wildman–Crippen MR) is 124 cm³/mol. The van der Waals surface area contributed by atoms with Crippen LogP contribution in [0.15, 0.2) is 71.6 Å². The molecule has 2 aromatic carbocycles. The van der Waals surface area contributed by atoms with Gasteiger partial charge in [-0.25, -0.2) is 17.8 Å². The number of benzene rings is 2. The Hall–Kier alpha value is -3.56. The fraction of sp³-hybridized carbons (Fsp3) is 0.0909. The van der Waals surface area contributed by atoms with Gasteiger partial charge in [0.1, 0.15) is 11.6 Å². The lowest BCUT2D eigenvalue weighted by molar-refractivity contribution is 0.602. The highest BCUT2D eigenvalue weighted by molar-refractivity contribution is 7.90. The fourth-order valence-electron chi connectivity index (χ4n) is 3.56. The summed E-state index contributed by atoms with van der Waals surface area (Å²) >= 11 is 6.21. The molecule has 0 spiro atoms. The first-order chi connectivity index (χ1) is 15.3. The van der Waals surface area contributed by atoms with E-state index in [2.05, 4.69) is 15.2 Å². The molecule has 0 saturated heterocycles. The second-order valence-electron chi connectivity index (χ2n) is 7.29. The van der Waals surface area contributed by atoms with Crippen molar-refractivity contribution in [2.45, 2.75) is 4.90 Å². The van der Waals surface area contributed by atoms with Gasteiger partial charge in [-0.1, -0.05) is 30.3 Å². The molecule has 0 fully saturated rings. The molecule has 0 atom stereocenters. The van der Waals surface area contributed by atoms with Crippen molar-refractivity contribution in [1.82, 2.24) is 24.6 Å². The van der Waals surface area contributed by atoms with Crippen LogP contribution in [0.5, 0.6) is 0 Å². The molecule has 0 bridgehead atoms. The molecule has 10 heteroatoms. The number of rotatable bonds is 4. The SMILES string of the molecule is CN(c1cccc(-c2ccc(S(C)(=O)=O)cc2)n1)c1nc2nnc(Cl)n2c2ccccc12. The van der Waals surface area contributed by atoms with Crippen molar-refractivity contribution in [3.63, 3.8) is 0 Å². The first kappa shape index (κ1) is 20.3. The number of halogens is 1. The van der Waals surface area contributed by atoms with Gasteiger partial charge in [0.2, 0.25) is 5.28 Å². The lowest BCUT2D eigenvalue weighted by atomic mass is 10.1. The van der Waals surface area contributed by atoms with Crippen molar-refractivity contribution >= 4 is 49.8 Å². The highest BCUT2D eigenvalue weighted by Gasteiger charge is 2.17. The highest BCUT2D eigenvalue weighted by atomic mass is 35.5. The lowest BCUT2D eigenvalue weighted by Gasteiger charge is -2.20. The van der Waals surface area contributed by atoms with Crippen LogP contribution in [0, 0.1) is 0 Å².